The second kappa shape index (κ2) is 7.81. The third-order valence-corrected chi connectivity index (χ3v) is 5.85. The largest absolute Gasteiger partial charge is 0.340 e. The van der Waals surface area contributed by atoms with Crippen molar-refractivity contribution in [3.8, 4) is 10.4 Å². The molecular weight excluding hydrogens is 376 g/mol. The van der Waals surface area contributed by atoms with Crippen molar-refractivity contribution in [2.24, 2.45) is 0 Å². The molecule has 0 saturated carbocycles. The summed E-state index contributed by atoms with van der Waals surface area (Å²) >= 11 is 1.68. The molecule has 0 radical (unpaired) electrons. The van der Waals surface area contributed by atoms with Crippen LogP contribution in [0.3, 0.4) is 0 Å². The Bertz CT molecular complexity index is 1230. The van der Waals surface area contributed by atoms with Crippen molar-refractivity contribution in [3.63, 3.8) is 0 Å². The van der Waals surface area contributed by atoms with Crippen LogP contribution in [0.4, 0.5) is 11.5 Å². The maximum Gasteiger partial charge on any atom is 0.142 e. The molecular formula is C24H18N4S. The second-order valence-corrected chi connectivity index (χ2v) is 7.80. The Kier molecular flexibility index (Phi) is 4.72. The number of thiophene rings is 1. The van der Waals surface area contributed by atoms with Crippen LogP contribution in [0.2, 0.25) is 0 Å². The lowest BCUT2D eigenvalue weighted by molar-refractivity contribution is 1.16. The summed E-state index contributed by atoms with van der Waals surface area (Å²) in [7, 11) is 0. The van der Waals surface area contributed by atoms with E-state index in [0.29, 0.717) is 0 Å². The van der Waals surface area contributed by atoms with Crippen molar-refractivity contribution >= 4 is 33.1 Å². The SMILES string of the molecule is c1ccc(-c2cc3c(Nc4ccc(Cc5ccncc5)cc4)ncnc3s2)cc1. The van der Waals surface area contributed by atoms with Gasteiger partial charge in [0, 0.05) is 23.0 Å². The highest BCUT2D eigenvalue weighted by atomic mass is 32.1. The van der Waals surface area contributed by atoms with Gasteiger partial charge in [-0.15, -0.1) is 11.3 Å². The molecule has 0 atom stereocenters. The zero-order valence-corrected chi connectivity index (χ0v) is 16.4. The molecule has 0 aliphatic heterocycles. The summed E-state index contributed by atoms with van der Waals surface area (Å²) in [6, 6.07) is 25.1. The second-order valence-electron chi connectivity index (χ2n) is 6.77. The molecule has 0 fully saturated rings. The van der Waals surface area contributed by atoms with Crippen LogP contribution in [-0.4, -0.2) is 15.0 Å². The summed E-state index contributed by atoms with van der Waals surface area (Å²) in [5.74, 6) is 0.829. The molecule has 140 valence electrons. The monoisotopic (exact) mass is 394 g/mol. The predicted octanol–water partition coefficient (Wildman–Crippen LogP) is 6.09. The first-order valence-electron chi connectivity index (χ1n) is 9.40. The number of benzene rings is 2. The van der Waals surface area contributed by atoms with E-state index >= 15 is 0 Å². The lowest BCUT2D eigenvalue weighted by Gasteiger charge is -2.08. The highest BCUT2D eigenvalue weighted by Gasteiger charge is 2.10. The van der Waals surface area contributed by atoms with Crippen molar-refractivity contribution in [3.05, 3.63) is 103 Å². The molecule has 0 amide bonds. The van der Waals surface area contributed by atoms with Gasteiger partial charge in [0.25, 0.3) is 0 Å². The maximum absolute atomic E-state index is 4.48. The van der Waals surface area contributed by atoms with E-state index in [1.54, 1.807) is 17.7 Å². The lowest BCUT2D eigenvalue weighted by atomic mass is 10.1. The quantitative estimate of drug-likeness (QED) is 0.392. The summed E-state index contributed by atoms with van der Waals surface area (Å²) in [4.78, 5) is 15.2. The highest BCUT2D eigenvalue weighted by molar-refractivity contribution is 7.21. The number of hydrogen-bond donors (Lipinski definition) is 1. The molecule has 29 heavy (non-hydrogen) atoms. The van der Waals surface area contributed by atoms with Gasteiger partial charge in [-0.2, -0.15) is 0 Å². The minimum absolute atomic E-state index is 0.829. The molecule has 5 aromatic rings. The summed E-state index contributed by atoms with van der Waals surface area (Å²) in [6.45, 7) is 0. The summed E-state index contributed by atoms with van der Waals surface area (Å²) < 4.78 is 0. The van der Waals surface area contributed by atoms with Gasteiger partial charge in [0.1, 0.15) is 17.0 Å². The fourth-order valence-electron chi connectivity index (χ4n) is 3.28. The lowest BCUT2D eigenvalue weighted by Crippen LogP contribution is -1.95. The van der Waals surface area contributed by atoms with Gasteiger partial charge in [-0.25, -0.2) is 9.97 Å². The Balaban J connectivity index is 1.39. The molecule has 0 unspecified atom stereocenters. The molecule has 4 nitrogen and oxygen atoms in total. The van der Waals surface area contributed by atoms with Gasteiger partial charge < -0.3 is 5.32 Å². The zero-order chi connectivity index (χ0) is 19.5. The fourth-order valence-corrected chi connectivity index (χ4v) is 4.28. The van der Waals surface area contributed by atoms with Crippen molar-refractivity contribution < 1.29 is 0 Å². The van der Waals surface area contributed by atoms with Gasteiger partial charge >= 0.3 is 0 Å². The minimum Gasteiger partial charge on any atom is -0.340 e. The van der Waals surface area contributed by atoms with Crippen LogP contribution in [-0.2, 0) is 6.42 Å². The van der Waals surface area contributed by atoms with Crippen LogP contribution in [0.1, 0.15) is 11.1 Å². The first-order chi connectivity index (χ1) is 14.3. The molecule has 1 N–H and O–H groups in total. The van der Waals surface area contributed by atoms with Gasteiger partial charge in [-0.1, -0.05) is 42.5 Å². The van der Waals surface area contributed by atoms with Gasteiger partial charge in [0.15, 0.2) is 0 Å². The molecule has 0 aliphatic carbocycles. The van der Waals surface area contributed by atoms with Crippen LogP contribution in [0.5, 0.6) is 0 Å². The van der Waals surface area contributed by atoms with E-state index in [1.807, 2.05) is 30.6 Å². The van der Waals surface area contributed by atoms with Gasteiger partial charge in [-0.3, -0.25) is 4.98 Å². The average molecular weight is 395 g/mol. The molecule has 0 saturated heterocycles. The molecule has 0 aliphatic rings. The van der Waals surface area contributed by atoms with Crippen LogP contribution < -0.4 is 5.32 Å². The first kappa shape index (κ1) is 17.5. The predicted molar refractivity (Wildman–Crippen MR) is 120 cm³/mol. The Hall–Kier alpha value is -3.57. The number of anilines is 2. The van der Waals surface area contributed by atoms with Crippen LogP contribution >= 0.6 is 11.3 Å². The van der Waals surface area contributed by atoms with Crippen molar-refractivity contribution in [1.29, 1.82) is 0 Å². The molecule has 5 rings (SSSR count). The number of aromatic nitrogens is 3. The van der Waals surface area contributed by atoms with E-state index in [4.69, 9.17) is 0 Å². The normalized spacial score (nSPS) is 10.9. The summed E-state index contributed by atoms with van der Waals surface area (Å²) in [6.07, 6.45) is 6.17. The Morgan fingerprint density at radius 3 is 2.34 bits per heavy atom. The number of pyridine rings is 1. The average Bonchev–Trinajstić information content (AvgIpc) is 3.22. The molecule has 3 heterocycles. The van der Waals surface area contributed by atoms with Gasteiger partial charge in [0.05, 0.1) is 5.39 Å². The molecule has 0 bridgehead atoms. The number of rotatable bonds is 5. The molecule has 5 heteroatoms. The summed E-state index contributed by atoms with van der Waals surface area (Å²) in [5, 5.41) is 4.49. The first-order valence-corrected chi connectivity index (χ1v) is 10.2. The minimum atomic E-state index is 0.829. The van der Waals surface area contributed by atoms with Crippen LogP contribution in [0.15, 0.2) is 91.5 Å². The smallest absolute Gasteiger partial charge is 0.142 e. The van der Waals surface area contributed by atoms with E-state index in [0.717, 1.165) is 28.1 Å². The zero-order valence-electron chi connectivity index (χ0n) is 15.6. The van der Waals surface area contributed by atoms with Crippen LogP contribution in [0.25, 0.3) is 20.7 Å². The van der Waals surface area contributed by atoms with E-state index < -0.39 is 0 Å². The fraction of sp³-hybridized carbons (Fsp3) is 0.0417. The van der Waals surface area contributed by atoms with Crippen molar-refractivity contribution in [1.82, 2.24) is 15.0 Å². The number of nitrogens with zero attached hydrogens (tertiary/aromatic N) is 3. The van der Waals surface area contributed by atoms with Gasteiger partial charge in [-0.05, 0) is 53.4 Å². The van der Waals surface area contributed by atoms with E-state index in [9.17, 15) is 0 Å². The van der Waals surface area contributed by atoms with Crippen molar-refractivity contribution in [2.45, 2.75) is 6.42 Å². The Morgan fingerprint density at radius 2 is 1.55 bits per heavy atom. The third-order valence-electron chi connectivity index (χ3n) is 4.76. The Labute approximate surface area is 172 Å². The maximum atomic E-state index is 4.48. The van der Waals surface area contributed by atoms with Gasteiger partial charge in [0.2, 0.25) is 0 Å². The highest BCUT2D eigenvalue weighted by Crippen LogP contribution is 2.35. The Morgan fingerprint density at radius 1 is 0.793 bits per heavy atom. The molecule has 2 aromatic carbocycles. The molecule has 0 spiro atoms. The van der Waals surface area contributed by atoms with E-state index in [2.05, 4.69) is 74.9 Å². The van der Waals surface area contributed by atoms with Crippen molar-refractivity contribution in [2.75, 3.05) is 5.32 Å². The molecule has 3 aromatic heterocycles. The van der Waals surface area contributed by atoms with E-state index in [1.165, 1.54) is 21.6 Å². The van der Waals surface area contributed by atoms with Crippen LogP contribution in [0, 0.1) is 0 Å². The number of fused-ring (bicyclic) bond motifs is 1. The summed E-state index contributed by atoms with van der Waals surface area (Å²) in [5.41, 5.74) is 4.72. The number of nitrogens with one attached hydrogen (secondary N) is 1. The number of hydrogen-bond acceptors (Lipinski definition) is 5. The third kappa shape index (κ3) is 3.86. The standard InChI is InChI=1S/C24H18N4S/c1-2-4-19(5-3-1)22-15-21-23(26-16-27-24(21)29-22)28-20-8-6-17(7-9-20)14-18-10-12-25-13-11-18/h1-13,15-16H,14H2,(H,26,27,28). The topological polar surface area (TPSA) is 50.7 Å². The van der Waals surface area contributed by atoms with E-state index in [-0.39, 0.29) is 0 Å².